The van der Waals surface area contributed by atoms with E-state index >= 15 is 0 Å². The lowest BCUT2D eigenvalue weighted by atomic mass is 10.2. The Hall–Kier alpha value is -1.06. The summed E-state index contributed by atoms with van der Waals surface area (Å²) in [6.07, 6.45) is 0.0633. The quantitative estimate of drug-likeness (QED) is 0.616. The Labute approximate surface area is 77.8 Å². The minimum absolute atomic E-state index is 0.0263. The van der Waals surface area contributed by atoms with Gasteiger partial charge in [0.1, 0.15) is 0 Å². The number of amides is 1. The van der Waals surface area contributed by atoms with Crippen molar-refractivity contribution in [3.05, 3.63) is 0 Å². The molecule has 4 heteroatoms. The van der Waals surface area contributed by atoms with Crippen LogP contribution >= 0.6 is 0 Å². The molecule has 4 nitrogen and oxygen atoms in total. The van der Waals surface area contributed by atoms with Crippen LogP contribution in [0.25, 0.3) is 0 Å². The zero-order chi connectivity index (χ0) is 10.0. The summed E-state index contributed by atoms with van der Waals surface area (Å²) in [6.45, 7) is 5.70. The van der Waals surface area contributed by atoms with Gasteiger partial charge in [-0.25, -0.2) is 4.79 Å². The van der Waals surface area contributed by atoms with Crippen LogP contribution in [0.15, 0.2) is 0 Å². The van der Waals surface area contributed by atoms with E-state index in [1.165, 1.54) is 4.90 Å². The molecular weight excluding hydrogens is 170 g/mol. The zero-order valence-electron chi connectivity index (χ0n) is 8.24. The normalized spacial score (nSPS) is 27.9. The van der Waals surface area contributed by atoms with Gasteiger partial charge in [0, 0.05) is 12.5 Å². The summed E-state index contributed by atoms with van der Waals surface area (Å²) in [5, 5.41) is 0. The number of likely N-dealkylation sites (tertiary alicyclic amines) is 1. The van der Waals surface area contributed by atoms with E-state index in [1.54, 1.807) is 13.8 Å². The first kappa shape index (κ1) is 10.0. The first-order valence-corrected chi connectivity index (χ1v) is 4.55. The Bertz CT molecular complexity index is 227. The molecule has 1 fully saturated rings. The molecule has 2 atom stereocenters. The van der Waals surface area contributed by atoms with E-state index in [-0.39, 0.29) is 24.0 Å². The van der Waals surface area contributed by atoms with Crippen molar-refractivity contribution < 1.29 is 14.3 Å². The van der Waals surface area contributed by atoms with Gasteiger partial charge in [-0.05, 0) is 20.8 Å². The Morgan fingerprint density at radius 1 is 1.62 bits per heavy atom. The second-order valence-corrected chi connectivity index (χ2v) is 3.30. The molecule has 1 amide bonds. The monoisotopic (exact) mass is 185 g/mol. The van der Waals surface area contributed by atoms with E-state index in [9.17, 15) is 9.59 Å². The Balaban J connectivity index is 2.68. The lowest BCUT2D eigenvalue weighted by Crippen LogP contribution is -2.40. The molecular formula is C9H15NO3. The first-order valence-electron chi connectivity index (χ1n) is 4.55. The molecule has 0 unspecified atom stereocenters. The molecule has 0 saturated carbocycles. The van der Waals surface area contributed by atoms with E-state index in [4.69, 9.17) is 4.74 Å². The van der Waals surface area contributed by atoms with Crippen LogP contribution in [0.4, 0.5) is 4.79 Å². The molecule has 1 aliphatic rings. The molecule has 13 heavy (non-hydrogen) atoms. The van der Waals surface area contributed by atoms with Crippen molar-refractivity contribution in [2.75, 3.05) is 6.61 Å². The first-order chi connectivity index (χ1) is 6.07. The molecule has 0 aromatic rings. The average Bonchev–Trinajstić information content (AvgIpc) is 2.27. The summed E-state index contributed by atoms with van der Waals surface area (Å²) in [4.78, 5) is 24.1. The molecule has 0 N–H and O–H groups in total. The summed E-state index contributed by atoms with van der Waals surface area (Å²) in [6, 6.07) is -0.351. The van der Waals surface area contributed by atoms with Gasteiger partial charge in [0.05, 0.1) is 12.6 Å². The highest BCUT2D eigenvalue weighted by molar-refractivity contribution is 5.90. The van der Waals surface area contributed by atoms with E-state index in [1.807, 2.05) is 6.92 Å². The lowest BCUT2D eigenvalue weighted by molar-refractivity contribution is -0.119. The fraction of sp³-hybridized carbons (Fsp3) is 0.778. The van der Waals surface area contributed by atoms with Crippen LogP contribution in [-0.2, 0) is 9.53 Å². The Kier molecular flexibility index (Phi) is 2.90. The third-order valence-electron chi connectivity index (χ3n) is 2.33. The smallest absolute Gasteiger partial charge is 0.410 e. The van der Waals surface area contributed by atoms with Crippen LogP contribution in [0.5, 0.6) is 0 Å². The number of Topliss-reactive ketones (excluding diaryl/α,β-unsaturated/α-hetero) is 1. The average molecular weight is 185 g/mol. The number of rotatable bonds is 1. The van der Waals surface area contributed by atoms with Crippen LogP contribution in [0.1, 0.15) is 27.2 Å². The fourth-order valence-corrected chi connectivity index (χ4v) is 1.63. The minimum Gasteiger partial charge on any atom is -0.450 e. The number of hydrogen-bond donors (Lipinski definition) is 0. The lowest BCUT2D eigenvalue weighted by Gasteiger charge is -2.23. The standard InChI is InChI=1S/C9H15NO3/c1-4-13-9(12)10-6(2)5-8(11)7(10)3/h6-7H,4-5H2,1-3H3/t6-,7+/m0/s1. The number of carbonyl (C=O) groups excluding carboxylic acids is 2. The van der Waals surface area contributed by atoms with E-state index in [0.717, 1.165) is 0 Å². The van der Waals surface area contributed by atoms with Gasteiger partial charge in [0.15, 0.2) is 5.78 Å². The van der Waals surface area contributed by atoms with Crippen LogP contribution < -0.4 is 0 Å². The van der Waals surface area contributed by atoms with Crippen molar-refractivity contribution in [3.8, 4) is 0 Å². The third kappa shape index (κ3) is 1.82. The fourth-order valence-electron chi connectivity index (χ4n) is 1.63. The van der Waals surface area contributed by atoms with E-state index in [0.29, 0.717) is 13.0 Å². The van der Waals surface area contributed by atoms with Gasteiger partial charge < -0.3 is 4.74 Å². The van der Waals surface area contributed by atoms with Gasteiger partial charge >= 0.3 is 6.09 Å². The maximum atomic E-state index is 11.4. The predicted octanol–water partition coefficient (Wildman–Crippen LogP) is 1.19. The van der Waals surface area contributed by atoms with Crippen molar-refractivity contribution in [3.63, 3.8) is 0 Å². The van der Waals surface area contributed by atoms with Crippen LogP contribution in [0, 0.1) is 0 Å². The van der Waals surface area contributed by atoms with Gasteiger partial charge in [-0.3, -0.25) is 9.69 Å². The Morgan fingerprint density at radius 3 is 2.62 bits per heavy atom. The van der Waals surface area contributed by atoms with Crippen LogP contribution in [0.3, 0.4) is 0 Å². The SMILES string of the molecule is CCOC(=O)N1[C@H](C)C(=O)C[C@@H]1C. The highest BCUT2D eigenvalue weighted by Gasteiger charge is 2.38. The van der Waals surface area contributed by atoms with Gasteiger partial charge in [0.2, 0.25) is 0 Å². The van der Waals surface area contributed by atoms with Crippen molar-refractivity contribution in [1.82, 2.24) is 4.90 Å². The summed E-state index contributed by atoms with van der Waals surface area (Å²) >= 11 is 0. The molecule has 1 saturated heterocycles. The van der Waals surface area contributed by atoms with Crippen molar-refractivity contribution in [2.24, 2.45) is 0 Å². The number of hydrogen-bond acceptors (Lipinski definition) is 3. The molecule has 0 aliphatic carbocycles. The van der Waals surface area contributed by atoms with Gasteiger partial charge in [-0.1, -0.05) is 0 Å². The summed E-state index contributed by atoms with van der Waals surface area (Å²) in [5.41, 5.74) is 0. The number of carbonyl (C=O) groups is 2. The number of ketones is 1. The third-order valence-corrected chi connectivity index (χ3v) is 2.33. The molecule has 0 radical (unpaired) electrons. The van der Waals surface area contributed by atoms with Crippen LogP contribution in [0.2, 0.25) is 0 Å². The number of ether oxygens (including phenoxy) is 1. The second kappa shape index (κ2) is 3.77. The van der Waals surface area contributed by atoms with Gasteiger partial charge in [0.25, 0.3) is 0 Å². The molecule has 0 spiro atoms. The molecule has 0 aromatic carbocycles. The van der Waals surface area contributed by atoms with Gasteiger partial charge in [-0.15, -0.1) is 0 Å². The molecule has 1 heterocycles. The largest absolute Gasteiger partial charge is 0.450 e. The summed E-state index contributed by atoms with van der Waals surface area (Å²) < 4.78 is 4.85. The predicted molar refractivity (Wildman–Crippen MR) is 47.4 cm³/mol. The summed E-state index contributed by atoms with van der Waals surface area (Å²) in [5.74, 6) is 0.112. The maximum Gasteiger partial charge on any atom is 0.410 e. The number of nitrogens with zero attached hydrogens (tertiary/aromatic N) is 1. The maximum absolute atomic E-state index is 11.4. The van der Waals surface area contributed by atoms with Crippen molar-refractivity contribution >= 4 is 11.9 Å². The molecule has 1 rings (SSSR count). The van der Waals surface area contributed by atoms with Crippen molar-refractivity contribution in [1.29, 1.82) is 0 Å². The van der Waals surface area contributed by atoms with Crippen molar-refractivity contribution in [2.45, 2.75) is 39.3 Å². The topological polar surface area (TPSA) is 46.6 Å². The minimum atomic E-state index is -0.381. The molecule has 1 aliphatic heterocycles. The highest BCUT2D eigenvalue weighted by Crippen LogP contribution is 2.21. The second-order valence-electron chi connectivity index (χ2n) is 3.30. The zero-order valence-corrected chi connectivity index (χ0v) is 8.24. The molecule has 74 valence electrons. The van der Waals surface area contributed by atoms with E-state index in [2.05, 4.69) is 0 Å². The van der Waals surface area contributed by atoms with Gasteiger partial charge in [-0.2, -0.15) is 0 Å². The molecule has 0 bridgehead atoms. The van der Waals surface area contributed by atoms with E-state index < -0.39 is 0 Å². The Morgan fingerprint density at radius 2 is 2.23 bits per heavy atom. The highest BCUT2D eigenvalue weighted by atomic mass is 16.6. The van der Waals surface area contributed by atoms with Crippen LogP contribution in [-0.4, -0.2) is 35.5 Å². The summed E-state index contributed by atoms with van der Waals surface area (Å²) in [7, 11) is 0. The molecule has 0 aromatic heterocycles.